The fourth-order valence-corrected chi connectivity index (χ4v) is 5.86. The van der Waals surface area contributed by atoms with Crippen LogP contribution < -0.4 is 16.1 Å². The van der Waals surface area contributed by atoms with Gasteiger partial charge in [-0.3, -0.25) is 28.4 Å². The summed E-state index contributed by atoms with van der Waals surface area (Å²) in [5.74, 6) is 0.0326. The third kappa shape index (κ3) is 4.58. The number of benzene rings is 1. The molecule has 3 aromatic rings. The number of halogens is 1. The number of hydrogen-bond donors (Lipinski definition) is 0. The van der Waals surface area contributed by atoms with Crippen LogP contribution in [-0.4, -0.2) is 56.7 Å². The standard InChI is InChI=1S/C30H29FN6O4/c1-34-15-17(12-26(34)38)16-35(28(39)18-2-5-20(31)6-3-18)25-11-4-19(14-32-25)24-13-23-27(33-24)36(21-7-8-21)30(41)37(29(23)40)22-9-10-22/h2-6,11,14,17,21-22H,7-10,12-13,15-16H2,1H3. The van der Waals surface area contributed by atoms with Crippen LogP contribution in [0.25, 0.3) is 0 Å². The Kier molecular flexibility index (Phi) is 5.98. The Labute approximate surface area is 234 Å². The summed E-state index contributed by atoms with van der Waals surface area (Å²) in [5.41, 5.74) is 1.70. The zero-order valence-corrected chi connectivity index (χ0v) is 22.6. The first-order chi connectivity index (χ1) is 19.8. The van der Waals surface area contributed by atoms with E-state index in [9.17, 15) is 23.6 Å². The number of amides is 2. The SMILES string of the molecule is CN1CC(CN(C(=O)c2ccc(F)cc2)c2ccc(C3=Nc4c(c(=O)n(C5CC5)c(=O)n4C4CC4)C3)cn2)CC1=O. The molecular weight excluding hydrogens is 527 g/mol. The molecule has 2 aliphatic heterocycles. The van der Waals surface area contributed by atoms with Crippen LogP contribution in [0.5, 0.6) is 0 Å². The Morgan fingerprint density at radius 2 is 1.71 bits per heavy atom. The molecule has 1 saturated heterocycles. The molecule has 1 aromatic carbocycles. The van der Waals surface area contributed by atoms with Gasteiger partial charge in [-0.05, 0) is 62.1 Å². The van der Waals surface area contributed by atoms with Gasteiger partial charge in [-0.15, -0.1) is 0 Å². The number of pyridine rings is 1. The van der Waals surface area contributed by atoms with Gasteiger partial charge in [0, 0.05) is 68.3 Å². The number of rotatable bonds is 7. The van der Waals surface area contributed by atoms with Crippen LogP contribution >= 0.6 is 0 Å². The maximum atomic E-state index is 13.5. The van der Waals surface area contributed by atoms with E-state index in [-0.39, 0.29) is 47.6 Å². The molecular formula is C30H29FN6O4. The average molecular weight is 557 g/mol. The van der Waals surface area contributed by atoms with Crippen molar-refractivity contribution in [3.8, 4) is 0 Å². The summed E-state index contributed by atoms with van der Waals surface area (Å²) in [5, 5.41) is 0. The van der Waals surface area contributed by atoms with Gasteiger partial charge in [-0.1, -0.05) is 0 Å². The van der Waals surface area contributed by atoms with E-state index in [2.05, 4.69) is 4.98 Å². The van der Waals surface area contributed by atoms with Crippen molar-refractivity contribution in [2.24, 2.45) is 10.9 Å². The first-order valence-corrected chi connectivity index (χ1v) is 14.0. The van der Waals surface area contributed by atoms with Gasteiger partial charge in [0.25, 0.3) is 11.5 Å². The van der Waals surface area contributed by atoms with Crippen molar-refractivity contribution >= 4 is 29.2 Å². The van der Waals surface area contributed by atoms with E-state index in [1.807, 2.05) is 6.07 Å². The minimum absolute atomic E-state index is 0.0186. The van der Waals surface area contributed by atoms with E-state index in [1.165, 1.54) is 33.7 Å². The lowest BCUT2D eigenvalue weighted by Gasteiger charge is -2.25. The molecule has 0 radical (unpaired) electrons. The summed E-state index contributed by atoms with van der Waals surface area (Å²) >= 11 is 0. The predicted octanol–water partition coefficient (Wildman–Crippen LogP) is 3.02. The zero-order valence-electron chi connectivity index (χ0n) is 22.6. The van der Waals surface area contributed by atoms with E-state index < -0.39 is 5.82 Å². The molecule has 11 heteroatoms. The van der Waals surface area contributed by atoms with Gasteiger partial charge in [0.05, 0.1) is 11.3 Å². The van der Waals surface area contributed by atoms with Crippen LogP contribution in [0.4, 0.5) is 16.0 Å². The molecule has 2 saturated carbocycles. The van der Waals surface area contributed by atoms with Gasteiger partial charge in [0.15, 0.2) is 0 Å². The van der Waals surface area contributed by atoms with Crippen LogP contribution in [0, 0.1) is 11.7 Å². The predicted molar refractivity (Wildman–Crippen MR) is 149 cm³/mol. The Morgan fingerprint density at radius 3 is 2.32 bits per heavy atom. The van der Waals surface area contributed by atoms with Crippen molar-refractivity contribution in [3.63, 3.8) is 0 Å². The highest BCUT2D eigenvalue weighted by Gasteiger charge is 2.37. The molecule has 41 heavy (non-hydrogen) atoms. The van der Waals surface area contributed by atoms with Gasteiger partial charge in [-0.25, -0.2) is 19.2 Å². The van der Waals surface area contributed by atoms with E-state index >= 15 is 0 Å². The zero-order chi connectivity index (χ0) is 28.4. The largest absolute Gasteiger partial charge is 0.345 e. The van der Waals surface area contributed by atoms with Gasteiger partial charge in [-0.2, -0.15) is 0 Å². The fraction of sp³-hybridized carbons (Fsp3) is 0.400. The third-order valence-electron chi connectivity index (χ3n) is 8.35. The number of likely N-dealkylation sites (tertiary alicyclic amines) is 1. The quantitative estimate of drug-likeness (QED) is 0.445. The molecule has 0 spiro atoms. The Hall–Kier alpha value is -4.41. The molecule has 7 rings (SSSR count). The maximum Gasteiger partial charge on any atom is 0.333 e. The lowest BCUT2D eigenvalue weighted by Crippen LogP contribution is -2.40. The lowest BCUT2D eigenvalue weighted by atomic mass is 10.1. The minimum atomic E-state index is -0.437. The summed E-state index contributed by atoms with van der Waals surface area (Å²) in [6.07, 6.45) is 5.75. The number of aromatic nitrogens is 3. The Morgan fingerprint density at radius 1 is 1.00 bits per heavy atom. The number of anilines is 1. The van der Waals surface area contributed by atoms with E-state index in [0.717, 1.165) is 25.7 Å². The van der Waals surface area contributed by atoms with Crippen molar-refractivity contribution in [1.82, 2.24) is 19.0 Å². The molecule has 2 amide bonds. The minimum Gasteiger partial charge on any atom is -0.345 e. The molecule has 0 bridgehead atoms. The second-order valence-corrected chi connectivity index (χ2v) is 11.5. The number of hydrogen-bond acceptors (Lipinski definition) is 6. The molecule has 10 nitrogen and oxygen atoms in total. The number of carbonyl (C=O) groups is 2. The summed E-state index contributed by atoms with van der Waals surface area (Å²) in [7, 11) is 1.74. The van der Waals surface area contributed by atoms with Crippen molar-refractivity contribution in [2.45, 2.75) is 50.6 Å². The second-order valence-electron chi connectivity index (χ2n) is 11.5. The van der Waals surface area contributed by atoms with E-state index in [4.69, 9.17) is 4.99 Å². The number of carbonyl (C=O) groups excluding carboxylic acids is 2. The highest BCUT2D eigenvalue weighted by atomic mass is 19.1. The molecule has 2 aromatic heterocycles. The van der Waals surface area contributed by atoms with Crippen molar-refractivity contribution in [3.05, 3.63) is 85.9 Å². The maximum absolute atomic E-state index is 13.5. The summed E-state index contributed by atoms with van der Waals surface area (Å²) in [6.45, 7) is 0.805. The van der Waals surface area contributed by atoms with Gasteiger partial charge < -0.3 is 4.90 Å². The first-order valence-electron chi connectivity index (χ1n) is 14.0. The molecule has 4 heterocycles. The summed E-state index contributed by atoms with van der Waals surface area (Å²) in [4.78, 5) is 64.7. The Balaban J connectivity index is 1.20. The van der Waals surface area contributed by atoms with Crippen LogP contribution in [0.2, 0.25) is 0 Å². The molecule has 1 atom stereocenters. The van der Waals surface area contributed by atoms with E-state index in [0.29, 0.717) is 53.4 Å². The van der Waals surface area contributed by atoms with E-state index in [1.54, 1.807) is 28.8 Å². The number of fused-ring (bicyclic) bond motifs is 1. The number of nitrogens with zero attached hydrogens (tertiary/aromatic N) is 6. The highest BCUT2D eigenvalue weighted by molar-refractivity contribution is 6.07. The molecule has 3 fully saturated rings. The summed E-state index contributed by atoms with van der Waals surface area (Å²) in [6, 6.07) is 8.94. The first kappa shape index (κ1) is 25.6. The monoisotopic (exact) mass is 556 g/mol. The third-order valence-corrected chi connectivity index (χ3v) is 8.35. The molecule has 0 N–H and O–H groups in total. The molecule has 210 valence electrons. The Bertz CT molecular complexity index is 1720. The van der Waals surface area contributed by atoms with Crippen LogP contribution in [0.15, 0.2) is 57.2 Å². The van der Waals surface area contributed by atoms with Gasteiger partial charge in [0.2, 0.25) is 5.91 Å². The van der Waals surface area contributed by atoms with Gasteiger partial charge >= 0.3 is 5.69 Å². The van der Waals surface area contributed by atoms with Crippen LogP contribution in [-0.2, 0) is 11.2 Å². The van der Waals surface area contributed by atoms with Gasteiger partial charge in [0.1, 0.15) is 17.5 Å². The smallest absolute Gasteiger partial charge is 0.333 e. The van der Waals surface area contributed by atoms with Crippen molar-refractivity contribution in [1.29, 1.82) is 0 Å². The molecule has 4 aliphatic rings. The molecule has 1 unspecified atom stereocenters. The summed E-state index contributed by atoms with van der Waals surface area (Å²) < 4.78 is 16.7. The average Bonchev–Trinajstić information content (AvgIpc) is 3.89. The second kappa shape index (κ2) is 9.60. The lowest BCUT2D eigenvalue weighted by molar-refractivity contribution is -0.126. The molecule has 2 aliphatic carbocycles. The number of aliphatic imine (C=N–C) groups is 1. The highest BCUT2D eigenvalue weighted by Crippen LogP contribution is 2.40. The normalized spacial score (nSPS) is 19.9. The topological polar surface area (TPSA) is 110 Å². The van der Waals surface area contributed by atoms with Crippen molar-refractivity contribution in [2.75, 3.05) is 25.0 Å². The van der Waals surface area contributed by atoms with Crippen molar-refractivity contribution < 1.29 is 14.0 Å². The van der Waals surface area contributed by atoms with Crippen LogP contribution in [0.1, 0.15) is 65.7 Å². The fourth-order valence-electron chi connectivity index (χ4n) is 5.86. The van der Waals surface area contributed by atoms with Crippen LogP contribution in [0.3, 0.4) is 0 Å².